The second kappa shape index (κ2) is 4.04. The highest BCUT2D eigenvalue weighted by molar-refractivity contribution is 14.1. The van der Waals surface area contributed by atoms with Gasteiger partial charge in [0, 0.05) is 0 Å². The second-order valence-corrected chi connectivity index (χ2v) is 1.51. The van der Waals surface area contributed by atoms with Crippen molar-refractivity contribution >= 4 is 32.6 Å². The third-order valence-corrected chi connectivity index (χ3v) is 0.508. The predicted molar refractivity (Wildman–Crippen MR) is 39.8 cm³/mol. The van der Waals surface area contributed by atoms with E-state index in [-0.39, 0.29) is 0 Å². The van der Waals surface area contributed by atoms with E-state index in [0.29, 0.717) is 5.84 Å². The molecule has 0 bridgehead atoms. The first-order valence-electron chi connectivity index (χ1n) is 1.69. The van der Waals surface area contributed by atoms with E-state index in [2.05, 4.69) is 10.2 Å². The first-order chi connectivity index (χ1) is 3.27. The Hall–Kier alpha value is -0.130. The topological polar surface area (TPSA) is 50.7 Å². The van der Waals surface area contributed by atoms with Crippen LogP contribution in [-0.2, 0) is 0 Å². The Kier molecular flexibility index (Phi) is 3.97. The third-order valence-electron chi connectivity index (χ3n) is 0.259. The number of nitrogens with zero attached hydrogens (tertiary/aromatic N) is 2. The van der Waals surface area contributed by atoms with E-state index in [1.54, 1.807) is 11.1 Å². The van der Waals surface area contributed by atoms with Gasteiger partial charge in [-0.25, -0.2) is 0 Å². The molecule has 0 aromatic carbocycles. The van der Waals surface area contributed by atoms with Crippen molar-refractivity contribution in [1.29, 1.82) is 0 Å². The average molecular weight is 211 g/mol. The molecule has 0 spiro atoms. The highest BCUT2D eigenvalue weighted by Crippen LogP contribution is 1.74. The molecule has 0 aromatic rings. The first kappa shape index (κ1) is 6.87. The van der Waals surface area contributed by atoms with Crippen molar-refractivity contribution in [2.45, 2.75) is 6.92 Å². The molecular formula is C3H6IN3. The van der Waals surface area contributed by atoms with Crippen LogP contribution in [0, 0.1) is 0 Å². The third kappa shape index (κ3) is 5.87. The van der Waals surface area contributed by atoms with Crippen molar-refractivity contribution in [3.63, 3.8) is 0 Å². The van der Waals surface area contributed by atoms with Gasteiger partial charge in [0.15, 0.2) is 0 Å². The highest BCUT2D eigenvalue weighted by Gasteiger charge is 1.68. The molecule has 0 unspecified atom stereocenters. The molecule has 7 heavy (non-hydrogen) atoms. The maximum absolute atomic E-state index is 5.11. The van der Waals surface area contributed by atoms with Gasteiger partial charge in [-0.2, -0.15) is 5.10 Å². The van der Waals surface area contributed by atoms with Gasteiger partial charge < -0.3 is 5.73 Å². The number of rotatable bonds is 1. The van der Waals surface area contributed by atoms with E-state index in [1.165, 1.54) is 0 Å². The van der Waals surface area contributed by atoms with Crippen LogP contribution in [0.3, 0.4) is 0 Å². The lowest BCUT2D eigenvalue weighted by Crippen LogP contribution is -2.03. The van der Waals surface area contributed by atoms with Gasteiger partial charge in [0.25, 0.3) is 0 Å². The molecule has 4 heteroatoms. The molecule has 0 saturated heterocycles. The molecular weight excluding hydrogens is 205 g/mol. The van der Waals surface area contributed by atoms with Gasteiger partial charge in [-0.3, -0.25) is 0 Å². The van der Waals surface area contributed by atoms with Crippen LogP contribution in [0.2, 0.25) is 0 Å². The molecule has 0 saturated carbocycles. The molecule has 0 amide bonds. The summed E-state index contributed by atoms with van der Waals surface area (Å²) in [6.07, 6.45) is 0. The molecule has 3 nitrogen and oxygen atoms in total. The monoisotopic (exact) mass is 211 g/mol. The van der Waals surface area contributed by atoms with Crippen LogP contribution in [0.5, 0.6) is 0 Å². The van der Waals surface area contributed by atoms with Gasteiger partial charge in [-0.15, -0.1) is 5.10 Å². The maximum atomic E-state index is 5.11. The molecule has 40 valence electrons. The van der Waals surface area contributed by atoms with E-state index in [4.69, 9.17) is 5.73 Å². The summed E-state index contributed by atoms with van der Waals surface area (Å²) >= 11 is 1.97. The van der Waals surface area contributed by atoms with Crippen LogP contribution in [-0.4, -0.2) is 10.1 Å². The highest BCUT2D eigenvalue weighted by atomic mass is 127. The lowest BCUT2D eigenvalue weighted by Gasteiger charge is -1.77. The summed E-state index contributed by atoms with van der Waals surface area (Å²) in [5.41, 5.74) is 5.11. The zero-order valence-corrected chi connectivity index (χ0v) is 6.08. The van der Waals surface area contributed by atoms with Crippen molar-refractivity contribution in [2.24, 2.45) is 15.9 Å². The van der Waals surface area contributed by atoms with Crippen LogP contribution in [0.25, 0.3) is 0 Å². The number of halogens is 1. The minimum Gasteiger partial charge on any atom is -0.386 e. The van der Waals surface area contributed by atoms with Crippen LogP contribution >= 0.6 is 22.6 Å². The van der Waals surface area contributed by atoms with Crippen molar-refractivity contribution in [3.8, 4) is 0 Å². The van der Waals surface area contributed by atoms with Crippen molar-refractivity contribution < 1.29 is 0 Å². The normalized spacial score (nSPS) is 13.1. The molecule has 0 atom stereocenters. The summed E-state index contributed by atoms with van der Waals surface area (Å²) in [7, 11) is 0. The van der Waals surface area contributed by atoms with E-state index >= 15 is 0 Å². The zero-order valence-electron chi connectivity index (χ0n) is 3.93. The lowest BCUT2D eigenvalue weighted by atomic mass is 10.7. The van der Waals surface area contributed by atoms with Gasteiger partial charge in [0.2, 0.25) is 0 Å². The molecule has 0 aliphatic rings. The van der Waals surface area contributed by atoms with Crippen LogP contribution < -0.4 is 5.73 Å². The summed E-state index contributed by atoms with van der Waals surface area (Å²) in [6.45, 7) is 1.68. The Morgan fingerprint density at radius 3 is 2.57 bits per heavy atom. The average Bonchev–Trinajstić information content (AvgIpc) is 1.61. The smallest absolute Gasteiger partial charge is 0.119 e. The van der Waals surface area contributed by atoms with Crippen molar-refractivity contribution in [2.75, 3.05) is 0 Å². The van der Waals surface area contributed by atoms with Crippen LogP contribution in [0.1, 0.15) is 6.92 Å². The van der Waals surface area contributed by atoms with Gasteiger partial charge in [0.1, 0.15) is 5.84 Å². The van der Waals surface area contributed by atoms with E-state index in [0.717, 1.165) is 0 Å². The Labute approximate surface area is 55.8 Å². The van der Waals surface area contributed by atoms with Gasteiger partial charge in [-0.05, 0) is 29.5 Å². The minimum absolute atomic E-state index is 0.480. The summed E-state index contributed by atoms with van der Waals surface area (Å²) in [5, 5.41) is 7.00. The number of nitrogens with two attached hydrogens (primary N) is 1. The first-order valence-corrected chi connectivity index (χ1v) is 2.93. The fraction of sp³-hybridized carbons (Fsp3) is 0.333. The number of amidine groups is 1. The second-order valence-electron chi connectivity index (χ2n) is 0.954. The molecule has 0 aromatic heterocycles. The summed E-state index contributed by atoms with van der Waals surface area (Å²) in [4.78, 5) is 0. The number of hydrogen-bond acceptors (Lipinski definition) is 2. The molecule has 0 aliphatic carbocycles. The predicted octanol–water partition coefficient (Wildman–Crippen LogP) is 0.742. The molecule has 0 rings (SSSR count). The maximum Gasteiger partial charge on any atom is 0.119 e. The summed E-state index contributed by atoms with van der Waals surface area (Å²) in [5.74, 6) is 0.480. The van der Waals surface area contributed by atoms with Gasteiger partial charge in [0.05, 0.1) is 4.22 Å². The van der Waals surface area contributed by atoms with E-state index < -0.39 is 0 Å². The quantitative estimate of drug-likeness (QED) is 0.295. The number of hydrogen-bond donors (Lipinski definition) is 1. The fourth-order valence-electron chi connectivity index (χ4n) is 0.113. The van der Waals surface area contributed by atoms with E-state index in [1.807, 2.05) is 22.6 Å². The SMILES string of the molecule is CC(N)=N/N=C\I. The Morgan fingerprint density at radius 1 is 1.86 bits per heavy atom. The summed E-state index contributed by atoms with van der Waals surface area (Å²) < 4.78 is 1.55. The van der Waals surface area contributed by atoms with E-state index in [9.17, 15) is 0 Å². The minimum atomic E-state index is 0.480. The Balaban J connectivity index is 3.46. The lowest BCUT2D eigenvalue weighted by molar-refractivity contribution is 1.24. The Bertz CT molecular complexity index is 92.4. The Morgan fingerprint density at radius 2 is 2.43 bits per heavy atom. The van der Waals surface area contributed by atoms with Crippen molar-refractivity contribution in [3.05, 3.63) is 0 Å². The summed E-state index contributed by atoms with van der Waals surface area (Å²) in [6, 6.07) is 0. The zero-order chi connectivity index (χ0) is 5.70. The van der Waals surface area contributed by atoms with Gasteiger partial charge >= 0.3 is 0 Å². The molecule has 0 radical (unpaired) electrons. The van der Waals surface area contributed by atoms with Crippen LogP contribution in [0.4, 0.5) is 0 Å². The molecule has 0 fully saturated rings. The largest absolute Gasteiger partial charge is 0.386 e. The molecule has 2 N–H and O–H groups in total. The van der Waals surface area contributed by atoms with Crippen LogP contribution in [0.15, 0.2) is 10.2 Å². The molecule has 0 aliphatic heterocycles. The van der Waals surface area contributed by atoms with Gasteiger partial charge in [-0.1, -0.05) is 0 Å². The standard InChI is InChI=1S/C3H6IN3/c1-3(5)7-6-2-4/h2H,1H3,(H2,5,7)/b6-2-. The van der Waals surface area contributed by atoms with Crippen molar-refractivity contribution in [1.82, 2.24) is 0 Å². The fourth-order valence-corrected chi connectivity index (χ4v) is 0.237. The molecule has 0 heterocycles.